The minimum absolute atomic E-state index is 0.0768. The number of methoxy groups -OCH3 is 2. The molecule has 0 saturated heterocycles. The first-order valence-corrected chi connectivity index (χ1v) is 5.93. The fourth-order valence-corrected chi connectivity index (χ4v) is 1.83. The van der Waals surface area contributed by atoms with Gasteiger partial charge in [0.25, 0.3) is 0 Å². The summed E-state index contributed by atoms with van der Waals surface area (Å²) >= 11 is 0. The van der Waals surface area contributed by atoms with Gasteiger partial charge in [0, 0.05) is 6.20 Å². The highest BCUT2D eigenvalue weighted by molar-refractivity contribution is 5.89. The van der Waals surface area contributed by atoms with Crippen molar-refractivity contribution in [3.63, 3.8) is 0 Å². The van der Waals surface area contributed by atoms with Gasteiger partial charge in [0.2, 0.25) is 0 Å². The molecule has 0 aliphatic carbocycles. The number of nitrogens with zero attached hydrogens (tertiary/aromatic N) is 2. The van der Waals surface area contributed by atoms with Crippen LogP contribution in [0, 0.1) is 17.1 Å². The Labute approximate surface area is 120 Å². The predicted molar refractivity (Wildman–Crippen MR) is 72.2 cm³/mol. The lowest BCUT2D eigenvalue weighted by atomic mass is 10.0. The van der Waals surface area contributed by atoms with E-state index in [9.17, 15) is 9.18 Å². The monoisotopic (exact) mass is 286 g/mol. The maximum absolute atomic E-state index is 14.3. The van der Waals surface area contributed by atoms with Crippen LogP contribution in [-0.2, 0) is 4.74 Å². The molecule has 0 bridgehead atoms. The third-order valence-electron chi connectivity index (χ3n) is 2.88. The number of carbonyl (C=O) groups is 1. The molecule has 0 radical (unpaired) electrons. The maximum atomic E-state index is 14.3. The van der Waals surface area contributed by atoms with Gasteiger partial charge in [-0.1, -0.05) is 0 Å². The van der Waals surface area contributed by atoms with Crippen molar-refractivity contribution >= 4 is 5.97 Å². The summed E-state index contributed by atoms with van der Waals surface area (Å²) in [6.07, 6.45) is 1.28. The van der Waals surface area contributed by atoms with E-state index in [2.05, 4.69) is 9.72 Å². The van der Waals surface area contributed by atoms with Crippen molar-refractivity contribution in [2.75, 3.05) is 14.2 Å². The largest absolute Gasteiger partial charge is 0.496 e. The molecule has 1 heterocycles. The summed E-state index contributed by atoms with van der Waals surface area (Å²) in [5.74, 6) is -0.993. The Balaban J connectivity index is 2.56. The van der Waals surface area contributed by atoms with Crippen LogP contribution in [0.5, 0.6) is 5.75 Å². The normalized spacial score (nSPS) is 9.81. The fraction of sp³-hybridized carbons (Fsp3) is 0.133. The van der Waals surface area contributed by atoms with Crippen LogP contribution in [0.2, 0.25) is 0 Å². The van der Waals surface area contributed by atoms with Crippen molar-refractivity contribution in [3.05, 3.63) is 47.4 Å². The van der Waals surface area contributed by atoms with E-state index >= 15 is 0 Å². The molecular weight excluding hydrogens is 275 g/mol. The van der Waals surface area contributed by atoms with E-state index in [-0.39, 0.29) is 28.1 Å². The van der Waals surface area contributed by atoms with E-state index in [1.54, 1.807) is 6.07 Å². The predicted octanol–water partition coefficient (Wildman–Crippen LogP) is 2.55. The lowest BCUT2D eigenvalue weighted by molar-refractivity contribution is 0.0600. The molecule has 0 spiro atoms. The molecule has 2 aromatic rings. The summed E-state index contributed by atoms with van der Waals surface area (Å²) in [6.45, 7) is 0. The molecule has 21 heavy (non-hydrogen) atoms. The first-order chi connectivity index (χ1) is 10.1. The average Bonchev–Trinajstić information content (AvgIpc) is 2.54. The van der Waals surface area contributed by atoms with Gasteiger partial charge in [0.15, 0.2) is 5.82 Å². The van der Waals surface area contributed by atoms with Crippen LogP contribution in [0.1, 0.15) is 15.9 Å². The van der Waals surface area contributed by atoms with E-state index in [0.717, 1.165) is 0 Å². The number of ether oxygens (including phenoxy) is 2. The molecule has 2 rings (SSSR count). The number of hydrogen-bond donors (Lipinski definition) is 0. The fourth-order valence-electron chi connectivity index (χ4n) is 1.83. The molecule has 1 aromatic heterocycles. The maximum Gasteiger partial charge on any atom is 0.339 e. The molecule has 106 valence electrons. The standard InChI is InChI=1S/C15H11FN2O3/c1-20-12-6-4-9(7-17)14(16)13(12)11-5-3-10(8-18-11)15(19)21-2/h3-6,8H,1-2H3. The van der Waals surface area contributed by atoms with Gasteiger partial charge in [0.1, 0.15) is 11.8 Å². The Kier molecular flexibility index (Phi) is 4.14. The summed E-state index contributed by atoms with van der Waals surface area (Å²) in [5, 5.41) is 8.89. The lowest BCUT2D eigenvalue weighted by Gasteiger charge is -2.10. The topological polar surface area (TPSA) is 72.2 Å². The van der Waals surface area contributed by atoms with Crippen molar-refractivity contribution in [1.29, 1.82) is 5.26 Å². The second kappa shape index (κ2) is 6.01. The molecule has 0 fully saturated rings. The zero-order valence-electron chi connectivity index (χ0n) is 11.4. The molecule has 0 atom stereocenters. The Morgan fingerprint density at radius 2 is 2.05 bits per heavy atom. The highest BCUT2D eigenvalue weighted by Gasteiger charge is 2.17. The summed E-state index contributed by atoms with van der Waals surface area (Å²) in [7, 11) is 2.66. The molecule has 0 aliphatic rings. The SMILES string of the molecule is COC(=O)c1ccc(-c2c(OC)ccc(C#N)c2F)nc1. The number of nitriles is 1. The number of halogens is 1. The molecule has 0 unspecified atom stereocenters. The summed E-state index contributed by atoms with van der Waals surface area (Å²) in [4.78, 5) is 15.4. The number of rotatable bonds is 3. The van der Waals surface area contributed by atoms with Gasteiger partial charge in [0.05, 0.1) is 36.6 Å². The Bertz CT molecular complexity index is 721. The van der Waals surface area contributed by atoms with E-state index in [0.29, 0.717) is 0 Å². The average molecular weight is 286 g/mol. The van der Waals surface area contributed by atoms with Crippen molar-refractivity contribution in [1.82, 2.24) is 4.98 Å². The van der Waals surface area contributed by atoms with Gasteiger partial charge in [-0.25, -0.2) is 9.18 Å². The van der Waals surface area contributed by atoms with Gasteiger partial charge in [-0.2, -0.15) is 5.26 Å². The van der Waals surface area contributed by atoms with E-state index < -0.39 is 11.8 Å². The van der Waals surface area contributed by atoms with Gasteiger partial charge in [-0.3, -0.25) is 4.98 Å². The van der Waals surface area contributed by atoms with E-state index in [1.165, 1.54) is 44.7 Å². The minimum Gasteiger partial charge on any atom is -0.496 e. The number of esters is 1. The summed E-state index contributed by atoms with van der Waals surface area (Å²) in [5.41, 5.74) is 0.476. The zero-order chi connectivity index (χ0) is 15.4. The Morgan fingerprint density at radius 1 is 1.29 bits per heavy atom. The Hall–Kier alpha value is -2.94. The number of hydrogen-bond acceptors (Lipinski definition) is 5. The van der Waals surface area contributed by atoms with Crippen LogP contribution in [0.3, 0.4) is 0 Å². The molecule has 5 nitrogen and oxygen atoms in total. The molecular formula is C15H11FN2O3. The van der Waals surface area contributed by atoms with Crippen molar-refractivity contribution < 1.29 is 18.7 Å². The zero-order valence-corrected chi connectivity index (χ0v) is 11.4. The smallest absolute Gasteiger partial charge is 0.339 e. The van der Waals surface area contributed by atoms with Gasteiger partial charge >= 0.3 is 5.97 Å². The van der Waals surface area contributed by atoms with Crippen LogP contribution < -0.4 is 4.74 Å². The van der Waals surface area contributed by atoms with Gasteiger partial charge < -0.3 is 9.47 Å². The quantitative estimate of drug-likeness (QED) is 0.811. The second-order valence-corrected chi connectivity index (χ2v) is 4.04. The molecule has 0 saturated carbocycles. The second-order valence-electron chi connectivity index (χ2n) is 4.04. The van der Waals surface area contributed by atoms with Gasteiger partial charge in [-0.15, -0.1) is 0 Å². The first kappa shape index (κ1) is 14.5. The van der Waals surface area contributed by atoms with Crippen molar-refractivity contribution in [2.24, 2.45) is 0 Å². The van der Waals surface area contributed by atoms with Crippen molar-refractivity contribution in [2.45, 2.75) is 0 Å². The van der Waals surface area contributed by atoms with Crippen LogP contribution in [0.15, 0.2) is 30.5 Å². The van der Waals surface area contributed by atoms with Crippen LogP contribution in [0.4, 0.5) is 4.39 Å². The molecule has 0 aliphatic heterocycles. The summed E-state index contributed by atoms with van der Waals surface area (Å²) < 4.78 is 24.0. The van der Waals surface area contributed by atoms with Crippen LogP contribution in [-0.4, -0.2) is 25.2 Å². The molecule has 6 heteroatoms. The third-order valence-corrected chi connectivity index (χ3v) is 2.88. The molecule has 0 N–H and O–H groups in total. The molecule has 1 aromatic carbocycles. The minimum atomic E-state index is -0.713. The number of carbonyl (C=O) groups excluding carboxylic acids is 1. The van der Waals surface area contributed by atoms with Crippen molar-refractivity contribution in [3.8, 4) is 23.1 Å². The number of aromatic nitrogens is 1. The third kappa shape index (κ3) is 2.67. The first-order valence-electron chi connectivity index (χ1n) is 5.93. The van der Waals surface area contributed by atoms with Crippen LogP contribution in [0.25, 0.3) is 11.3 Å². The van der Waals surface area contributed by atoms with Gasteiger partial charge in [-0.05, 0) is 24.3 Å². The number of pyridine rings is 1. The molecule has 0 amide bonds. The van der Waals surface area contributed by atoms with Crippen LogP contribution >= 0.6 is 0 Å². The Morgan fingerprint density at radius 3 is 2.57 bits per heavy atom. The summed E-state index contributed by atoms with van der Waals surface area (Å²) in [6, 6.07) is 7.52. The van der Waals surface area contributed by atoms with E-state index in [4.69, 9.17) is 10.00 Å². The number of benzene rings is 1. The highest BCUT2D eigenvalue weighted by Crippen LogP contribution is 2.33. The lowest BCUT2D eigenvalue weighted by Crippen LogP contribution is -2.02. The van der Waals surface area contributed by atoms with E-state index in [1.807, 2.05) is 0 Å². The highest BCUT2D eigenvalue weighted by atomic mass is 19.1.